The topological polar surface area (TPSA) is 23.5 Å². The van der Waals surface area contributed by atoms with Crippen molar-refractivity contribution in [2.24, 2.45) is 0 Å². The zero-order chi connectivity index (χ0) is 11.1. The second-order valence-electron chi connectivity index (χ2n) is 3.94. The van der Waals surface area contributed by atoms with Gasteiger partial charge in [-0.3, -0.25) is 4.90 Å². The van der Waals surface area contributed by atoms with Gasteiger partial charge in [-0.1, -0.05) is 37.3 Å². The Morgan fingerprint density at radius 1 is 1.27 bits per heavy atom. The van der Waals surface area contributed by atoms with Gasteiger partial charge in [-0.25, -0.2) is 0 Å². The van der Waals surface area contributed by atoms with Crippen LogP contribution in [0.15, 0.2) is 30.3 Å². The van der Waals surface area contributed by atoms with Crippen molar-refractivity contribution in [2.45, 2.75) is 32.9 Å². The molecule has 84 valence electrons. The van der Waals surface area contributed by atoms with Crippen LogP contribution in [0.25, 0.3) is 0 Å². The van der Waals surface area contributed by atoms with E-state index in [9.17, 15) is 0 Å². The molecule has 0 saturated heterocycles. The fourth-order valence-electron chi connectivity index (χ4n) is 1.66. The Balaban J connectivity index is 2.58. The molecule has 0 fully saturated rings. The molecule has 0 spiro atoms. The van der Waals surface area contributed by atoms with Crippen LogP contribution >= 0.6 is 0 Å². The Kier molecular flexibility index (Phi) is 5.37. The van der Waals surface area contributed by atoms with Crippen LogP contribution in [-0.2, 0) is 6.54 Å². The van der Waals surface area contributed by atoms with E-state index in [4.69, 9.17) is 5.11 Å². The summed E-state index contributed by atoms with van der Waals surface area (Å²) in [7, 11) is 0. The molecule has 1 N–H and O–H groups in total. The van der Waals surface area contributed by atoms with Gasteiger partial charge < -0.3 is 5.11 Å². The zero-order valence-corrected chi connectivity index (χ0v) is 9.69. The lowest BCUT2D eigenvalue weighted by molar-refractivity contribution is 0.148. The molecule has 0 radical (unpaired) electrons. The van der Waals surface area contributed by atoms with Crippen LogP contribution < -0.4 is 0 Å². The molecule has 0 aliphatic heterocycles. The highest BCUT2D eigenvalue weighted by Crippen LogP contribution is 2.09. The van der Waals surface area contributed by atoms with E-state index < -0.39 is 0 Å². The maximum Gasteiger partial charge on any atom is 0.0558 e. The summed E-state index contributed by atoms with van der Waals surface area (Å²) in [5, 5.41) is 9.02. The number of hydrogen-bond acceptors (Lipinski definition) is 2. The molecule has 1 rings (SSSR count). The molecule has 0 bridgehead atoms. The quantitative estimate of drug-likeness (QED) is 0.773. The third-order valence-electron chi connectivity index (χ3n) is 2.83. The maximum absolute atomic E-state index is 9.02. The molecule has 1 aromatic rings. The van der Waals surface area contributed by atoms with Gasteiger partial charge in [0.25, 0.3) is 0 Å². The summed E-state index contributed by atoms with van der Waals surface area (Å²) < 4.78 is 0. The zero-order valence-electron chi connectivity index (χ0n) is 9.69. The Hall–Kier alpha value is -0.860. The van der Waals surface area contributed by atoms with E-state index in [1.54, 1.807) is 0 Å². The Morgan fingerprint density at radius 3 is 2.47 bits per heavy atom. The molecule has 1 atom stereocenters. The predicted octanol–water partition coefficient (Wildman–Crippen LogP) is 2.28. The minimum atomic E-state index is 0.233. The number of aliphatic hydroxyl groups excluding tert-OH is 1. The van der Waals surface area contributed by atoms with Gasteiger partial charge in [0.05, 0.1) is 6.61 Å². The summed E-state index contributed by atoms with van der Waals surface area (Å²) >= 11 is 0. The van der Waals surface area contributed by atoms with Crippen molar-refractivity contribution in [3.05, 3.63) is 35.9 Å². The van der Waals surface area contributed by atoms with Gasteiger partial charge in [-0.15, -0.1) is 0 Å². The van der Waals surface area contributed by atoms with Crippen LogP contribution in [0.2, 0.25) is 0 Å². The molecule has 1 unspecified atom stereocenters. The van der Waals surface area contributed by atoms with Crippen molar-refractivity contribution in [2.75, 3.05) is 13.2 Å². The average molecular weight is 207 g/mol. The highest BCUT2D eigenvalue weighted by Gasteiger charge is 2.11. The van der Waals surface area contributed by atoms with Crippen LogP contribution in [0.1, 0.15) is 25.8 Å². The van der Waals surface area contributed by atoms with E-state index in [0.717, 1.165) is 19.5 Å². The van der Waals surface area contributed by atoms with Gasteiger partial charge in [0, 0.05) is 19.1 Å². The molecule has 2 nitrogen and oxygen atoms in total. The minimum Gasteiger partial charge on any atom is -0.395 e. The summed E-state index contributed by atoms with van der Waals surface area (Å²) in [4.78, 5) is 2.31. The van der Waals surface area contributed by atoms with Crippen molar-refractivity contribution < 1.29 is 5.11 Å². The molecule has 0 aliphatic rings. The molecular weight excluding hydrogens is 186 g/mol. The lowest BCUT2D eigenvalue weighted by atomic mass is 10.1. The van der Waals surface area contributed by atoms with E-state index in [1.165, 1.54) is 5.56 Å². The van der Waals surface area contributed by atoms with Gasteiger partial charge in [-0.05, 0) is 18.9 Å². The monoisotopic (exact) mass is 207 g/mol. The van der Waals surface area contributed by atoms with Crippen molar-refractivity contribution >= 4 is 0 Å². The van der Waals surface area contributed by atoms with Crippen molar-refractivity contribution in [3.8, 4) is 0 Å². The lowest BCUT2D eigenvalue weighted by Crippen LogP contribution is -2.34. The summed E-state index contributed by atoms with van der Waals surface area (Å²) in [5.41, 5.74) is 1.31. The van der Waals surface area contributed by atoms with Crippen molar-refractivity contribution in [1.29, 1.82) is 0 Å². The fourth-order valence-corrected chi connectivity index (χ4v) is 1.66. The largest absolute Gasteiger partial charge is 0.395 e. The van der Waals surface area contributed by atoms with Crippen LogP contribution in [0.4, 0.5) is 0 Å². The van der Waals surface area contributed by atoms with E-state index >= 15 is 0 Å². The Labute approximate surface area is 92.5 Å². The molecular formula is C13H21NO. The van der Waals surface area contributed by atoms with E-state index in [-0.39, 0.29) is 6.61 Å². The van der Waals surface area contributed by atoms with E-state index in [0.29, 0.717) is 6.04 Å². The van der Waals surface area contributed by atoms with Crippen molar-refractivity contribution in [3.63, 3.8) is 0 Å². The Morgan fingerprint density at radius 2 is 1.93 bits per heavy atom. The van der Waals surface area contributed by atoms with Gasteiger partial charge >= 0.3 is 0 Å². The summed E-state index contributed by atoms with van der Waals surface area (Å²) in [6.45, 7) is 6.30. The summed E-state index contributed by atoms with van der Waals surface area (Å²) in [6, 6.07) is 10.9. The lowest BCUT2D eigenvalue weighted by Gasteiger charge is -2.27. The first-order valence-corrected chi connectivity index (χ1v) is 5.66. The number of rotatable bonds is 6. The minimum absolute atomic E-state index is 0.233. The first-order valence-electron chi connectivity index (χ1n) is 5.66. The summed E-state index contributed by atoms with van der Waals surface area (Å²) in [5.74, 6) is 0. The number of benzene rings is 1. The van der Waals surface area contributed by atoms with Crippen LogP contribution in [0, 0.1) is 0 Å². The highest BCUT2D eigenvalue weighted by molar-refractivity contribution is 5.14. The van der Waals surface area contributed by atoms with Gasteiger partial charge in [0.2, 0.25) is 0 Å². The molecule has 0 heterocycles. The fraction of sp³-hybridized carbons (Fsp3) is 0.538. The molecule has 0 amide bonds. The van der Waals surface area contributed by atoms with Crippen LogP contribution in [0.5, 0.6) is 0 Å². The molecule has 15 heavy (non-hydrogen) atoms. The van der Waals surface area contributed by atoms with Gasteiger partial charge in [0.1, 0.15) is 0 Å². The molecule has 0 aliphatic carbocycles. The molecule has 0 saturated carbocycles. The SMILES string of the molecule is CCC(C)N(CCO)Cc1ccccc1. The molecule has 2 heteroatoms. The van der Waals surface area contributed by atoms with Crippen molar-refractivity contribution in [1.82, 2.24) is 4.90 Å². The number of hydrogen-bond donors (Lipinski definition) is 1. The number of nitrogens with zero attached hydrogens (tertiary/aromatic N) is 1. The van der Waals surface area contributed by atoms with Gasteiger partial charge in [-0.2, -0.15) is 0 Å². The third kappa shape index (κ3) is 4.02. The van der Waals surface area contributed by atoms with Crippen LogP contribution in [0.3, 0.4) is 0 Å². The predicted molar refractivity (Wildman–Crippen MR) is 63.7 cm³/mol. The van der Waals surface area contributed by atoms with E-state index in [2.05, 4.69) is 43.0 Å². The summed E-state index contributed by atoms with van der Waals surface area (Å²) in [6.07, 6.45) is 1.12. The van der Waals surface area contributed by atoms with Gasteiger partial charge in [0.15, 0.2) is 0 Å². The normalized spacial score (nSPS) is 13.1. The molecule has 1 aromatic carbocycles. The van der Waals surface area contributed by atoms with Crippen LogP contribution in [-0.4, -0.2) is 29.2 Å². The number of aliphatic hydroxyl groups is 1. The maximum atomic E-state index is 9.02. The Bertz CT molecular complexity index is 260. The van der Waals surface area contributed by atoms with E-state index in [1.807, 2.05) is 6.07 Å². The first-order chi connectivity index (χ1) is 7.27. The molecule has 0 aromatic heterocycles. The third-order valence-corrected chi connectivity index (χ3v) is 2.83. The standard InChI is InChI=1S/C13H21NO/c1-3-12(2)14(9-10-15)11-13-7-5-4-6-8-13/h4-8,12,15H,3,9-11H2,1-2H3. The second-order valence-corrected chi connectivity index (χ2v) is 3.94. The average Bonchev–Trinajstić information content (AvgIpc) is 2.29. The smallest absolute Gasteiger partial charge is 0.0558 e. The first kappa shape index (κ1) is 12.2. The second kappa shape index (κ2) is 6.59. The highest BCUT2D eigenvalue weighted by atomic mass is 16.3.